The zero-order valence-corrected chi connectivity index (χ0v) is 12.6. The molecule has 3 aromatic rings. The second-order valence-electron chi connectivity index (χ2n) is 4.90. The summed E-state index contributed by atoms with van der Waals surface area (Å²) in [5, 5.41) is 1.78. The molecule has 0 saturated carbocycles. The lowest BCUT2D eigenvalue weighted by Crippen LogP contribution is -2.04. The highest BCUT2D eigenvalue weighted by molar-refractivity contribution is 6.30. The van der Waals surface area contributed by atoms with E-state index in [1.165, 1.54) is 0 Å². The number of aryl methyl sites for hydroxylation is 1. The molecule has 0 aliphatic carbocycles. The van der Waals surface area contributed by atoms with Gasteiger partial charge in [-0.05, 0) is 49.4 Å². The first-order chi connectivity index (χ1) is 10.2. The highest BCUT2D eigenvalue weighted by atomic mass is 35.5. The summed E-state index contributed by atoms with van der Waals surface area (Å²) in [4.78, 5) is 0. The van der Waals surface area contributed by atoms with E-state index in [0.717, 1.165) is 34.6 Å². The van der Waals surface area contributed by atoms with Gasteiger partial charge in [0.1, 0.15) is 12.4 Å². The molecular weight excluding hydrogens is 284 g/mol. The minimum absolute atomic E-state index is 0.504. The highest BCUT2D eigenvalue weighted by Gasteiger charge is 2.10. The summed E-state index contributed by atoms with van der Waals surface area (Å²) in [5.41, 5.74) is 9.10. The number of nitrogens with zero attached hydrogens (tertiary/aromatic N) is 1. The van der Waals surface area contributed by atoms with E-state index in [2.05, 4.69) is 23.6 Å². The largest absolute Gasteiger partial charge is 0.487 e. The molecule has 4 heteroatoms. The summed E-state index contributed by atoms with van der Waals surface area (Å²) in [6.45, 7) is 3.50. The van der Waals surface area contributed by atoms with Crippen LogP contribution in [0.4, 0.5) is 5.69 Å². The fraction of sp³-hybridized carbons (Fsp3) is 0.176. The van der Waals surface area contributed by atoms with Crippen molar-refractivity contribution in [1.82, 2.24) is 4.57 Å². The van der Waals surface area contributed by atoms with Crippen LogP contribution in [0.5, 0.6) is 5.75 Å². The molecular formula is C17H17ClN2O. The topological polar surface area (TPSA) is 40.2 Å². The number of nitrogen functional groups attached to an aromatic ring is 1. The quantitative estimate of drug-likeness (QED) is 0.722. The van der Waals surface area contributed by atoms with Gasteiger partial charge in [-0.3, -0.25) is 0 Å². The van der Waals surface area contributed by atoms with Gasteiger partial charge in [0.25, 0.3) is 0 Å². The van der Waals surface area contributed by atoms with E-state index < -0.39 is 0 Å². The molecule has 1 heterocycles. The summed E-state index contributed by atoms with van der Waals surface area (Å²) in [7, 11) is 0. The molecule has 0 fully saturated rings. The van der Waals surface area contributed by atoms with Crippen molar-refractivity contribution in [3.8, 4) is 5.75 Å². The van der Waals surface area contributed by atoms with Crippen LogP contribution in [0.25, 0.3) is 10.9 Å². The van der Waals surface area contributed by atoms with E-state index in [9.17, 15) is 0 Å². The average molecular weight is 301 g/mol. The van der Waals surface area contributed by atoms with Gasteiger partial charge in [0.2, 0.25) is 0 Å². The number of hydrogen-bond donors (Lipinski definition) is 1. The first-order valence-electron chi connectivity index (χ1n) is 6.94. The molecule has 0 aliphatic heterocycles. The molecule has 21 heavy (non-hydrogen) atoms. The number of hydrogen-bond acceptors (Lipinski definition) is 2. The first kappa shape index (κ1) is 13.8. The molecule has 3 rings (SSSR count). The monoisotopic (exact) mass is 300 g/mol. The Labute approximate surface area is 128 Å². The predicted octanol–water partition coefficient (Wildman–Crippen LogP) is 4.48. The van der Waals surface area contributed by atoms with Crippen LogP contribution in [0.15, 0.2) is 48.5 Å². The van der Waals surface area contributed by atoms with E-state index in [1.54, 1.807) is 0 Å². The van der Waals surface area contributed by atoms with Crippen molar-refractivity contribution >= 4 is 28.2 Å². The van der Waals surface area contributed by atoms with Crippen LogP contribution in [0.1, 0.15) is 12.6 Å². The lowest BCUT2D eigenvalue weighted by atomic mass is 10.2. The molecule has 0 spiro atoms. The number of nitrogens with two attached hydrogens (primary N) is 1. The van der Waals surface area contributed by atoms with Crippen LogP contribution in [0, 0.1) is 0 Å². The third-order valence-corrected chi connectivity index (χ3v) is 3.83. The number of aromatic nitrogens is 1. The Kier molecular flexibility index (Phi) is 3.76. The molecule has 0 atom stereocenters. The Bertz CT molecular complexity index is 762. The van der Waals surface area contributed by atoms with Crippen molar-refractivity contribution in [3.05, 3.63) is 59.2 Å². The lowest BCUT2D eigenvalue weighted by Gasteiger charge is -2.10. The zero-order chi connectivity index (χ0) is 14.8. The Balaban J connectivity index is 1.89. The lowest BCUT2D eigenvalue weighted by molar-refractivity contribution is 0.296. The molecule has 1 aromatic heterocycles. The Hall–Kier alpha value is -2.13. The molecule has 2 aromatic carbocycles. The SMILES string of the molecule is CCn1c(COc2ccc(Cl)cc2)cc2c(N)cccc21. The zero-order valence-electron chi connectivity index (χ0n) is 11.8. The second kappa shape index (κ2) is 5.70. The van der Waals surface area contributed by atoms with Crippen LogP contribution in [-0.2, 0) is 13.2 Å². The van der Waals surface area contributed by atoms with Gasteiger partial charge in [-0.15, -0.1) is 0 Å². The molecule has 0 unspecified atom stereocenters. The fourth-order valence-electron chi connectivity index (χ4n) is 2.54. The normalized spacial score (nSPS) is 11.0. The summed E-state index contributed by atoms with van der Waals surface area (Å²) in [6, 6.07) is 15.5. The van der Waals surface area contributed by atoms with E-state index in [-0.39, 0.29) is 0 Å². The van der Waals surface area contributed by atoms with Crippen LogP contribution in [-0.4, -0.2) is 4.57 Å². The van der Waals surface area contributed by atoms with Crippen LogP contribution >= 0.6 is 11.6 Å². The van der Waals surface area contributed by atoms with Gasteiger partial charge < -0.3 is 15.0 Å². The third-order valence-electron chi connectivity index (χ3n) is 3.58. The van der Waals surface area contributed by atoms with Gasteiger partial charge in [0.15, 0.2) is 0 Å². The van der Waals surface area contributed by atoms with Crippen molar-refractivity contribution in [2.75, 3.05) is 5.73 Å². The van der Waals surface area contributed by atoms with Gasteiger partial charge >= 0.3 is 0 Å². The molecule has 0 aliphatic rings. The van der Waals surface area contributed by atoms with Crippen LogP contribution < -0.4 is 10.5 Å². The van der Waals surface area contributed by atoms with E-state index in [0.29, 0.717) is 11.6 Å². The van der Waals surface area contributed by atoms with Gasteiger partial charge in [0.05, 0.1) is 11.2 Å². The molecule has 108 valence electrons. The van der Waals surface area contributed by atoms with Crippen molar-refractivity contribution < 1.29 is 4.74 Å². The standard InChI is InChI=1S/C17H17ClN2O/c1-2-20-13(10-15-16(19)4-3-5-17(15)20)11-21-14-8-6-12(18)7-9-14/h3-10H,2,11,19H2,1H3. The molecule has 3 nitrogen and oxygen atoms in total. The molecule has 0 amide bonds. The van der Waals surface area contributed by atoms with E-state index in [1.807, 2.05) is 36.4 Å². The van der Waals surface area contributed by atoms with Crippen LogP contribution in [0.3, 0.4) is 0 Å². The molecule has 0 bridgehead atoms. The van der Waals surface area contributed by atoms with E-state index >= 15 is 0 Å². The summed E-state index contributed by atoms with van der Waals surface area (Å²) < 4.78 is 8.06. The summed E-state index contributed by atoms with van der Waals surface area (Å²) in [6.07, 6.45) is 0. The number of anilines is 1. The smallest absolute Gasteiger partial charge is 0.128 e. The maximum atomic E-state index is 6.05. The van der Waals surface area contributed by atoms with Crippen LogP contribution in [0.2, 0.25) is 5.02 Å². The number of ether oxygens (including phenoxy) is 1. The summed E-state index contributed by atoms with van der Waals surface area (Å²) in [5.74, 6) is 0.806. The van der Waals surface area contributed by atoms with Gasteiger partial charge in [-0.1, -0.05) is 17.7 Å². The number of halogens is 1. The molecule has 2 N–H and O–H groups in total. The third kappa shape index (κ3) is 2.69. The Morgan fingerprint density at radius 3 is 2.62 bits per heavy atom. The maximum Gasteiger partial charge on any atom is 0.128 e. The molecule has 0 saturated heterocycles. The minimum Gasteiger partial charge on any atom is -0.487 e. The number of rotatable bonds is 4. The second-order valence-corrected chi connectivity index (χ2v) is 5.34. The van der Waals surface area contributed by atoms with Gasteiger partial charge in [-0.25, -0.2) is 0 Å². The highest BCUT2D eigenvalue weighted by Crippen LogP contribution is 2.26. The van der Waals surface area contributed by atoms with E-state index in [4.69, 9.17) is 22.1 Å². The van der Waals surface area contributed by atoms with Crippen molar-refractivity contribution in [2.45, 2.75) is 20.1 Å². The molecule has 0 radical (unpaired) electrons. The fourth-order valence-corrected chi connectivity index (χ4v) is 2.67. The van der Waals surface area contributed by atoms with Crippen molar-refractivity contribution in [2.24, 2.45) is 0 Å². The number of benzene rings is 2. The van der Waals surface area contributed by atoms with Crippen molar-refractivity contribution in [3.63, 3.8) is 0 Å². The van der Waals surface area contributed by atoms with Crippen molar-refractivity contribution in [1.29, 1.82) is 0 Å². The maximum absolute atomic E-state index is 6.05. The predicted molar refractivity (Wildman–Crippen MR) is 87.8 cm³/mol. The minimum atomic E-state index is 0.504. The Morgan fingerprint density at radius 1 is 1.14 bits per heavy atom. The average Bonchev–Trinajstić information content (AvgIpc) is 2.86. The number of fused-ring (bicyclic) bond motifs is 1. The Morgan fingerprint density at radius 2 is 1.90 bits per heavy atom. The van der Waals surface area contributed by atoms with Gasteiger partial charge in [-0.2, -0.15) is 0 Å². The first-order valence-corrected chi connectivity index (χ1v) is 7.32. The summed E-state index contributed by atoms with van der Waals surface area (Å²) >= 11 is 5.87. The van der Waals surface area contributed by atoms with Gasteiger partial charge in [0, 0.05) is 22.6 Å².